The molecule has 0 unspecified atom stereocenters. The number of nitriles is 2. The summed E-state index contributed by atoms with van der Waals surface area (Å²) in [5.41, 5.74) is 6.75. The van der Waals surface area contributed by atoms with E-state index >= 15 is 13.2 Å². The molecule has 0 aliphatic carbocycles. The smallest absolute Gasteiger partial charge is 0.344 e. The molecule has 0 saturated carbocycles. The number of para-hydroxylation sites is 4. The Hall–Kier alpha value is -8.27. The fourth-order valence-electron chi connectivity index (χ4n) is 10.4. The lowest BCUT2D eigenvalue weighted by Crippen LogP contribution is -2.11. The van der Waals surface area contributed by atoms with Crippen LogP contribution in [0.5, 0.6) is 0 Å². The van der Waals surface area contributed by atoms with Crippen LogP contribution >= 0.6 is 0 Å². The van der Waals surface area contributed by atoms with Gasteiger partial charge in [0.2, 0.25) is 0 Å². The Morgan fingerprint density at radius 1 is 0.452 bits per heavy atom. The number of nitrogens with zero attached hydrogens (tertiary/aromatic N) is 6. The van der Waals surface area contributed by atoms with Gasteiger partial charge in [0.25, 0.3) is 0 Å². The molecule has 62 heavy (non-hydrogen) atoms. The van der Waals surface area contributed by atoms with Gasteiger partial charge in [-0.2, -0.15) is 23.7 Å². The zero-order valence-corrected chi connectivity index (χ0v) is 33.3. The van der Waals surface area contributed by atoms with Crippen molar-refractivity contribution in [2.24, 2.45) is 14.1 Å². The monoisotopic (exact) mass is 808 g/mol. The molecule has 0 aliphatic rings. The molecule has 12 rings (SSSR count). The van der Waals surface area contributed by atoms with Crippen LogP contribution in [-0.4, -0.2) is 18.3 Å². The number of rotatable bonds is 3. The highest BCUT2D eigenvalue weighted by Gasteiger charge is 2.37. The maximum atomic E-state index is 15.3. The number of fused-ring (bicyclic) bond motifs is 14. The molecule has 294 valence electrons. The highest BCUT2D eigenvalue weighted by atomic mass is 19.4. The molecule has 0 radical (unpaired) electrons. The van der Waals surface area contributed by atoms with E-state index in [1.54, 1.807) is 12.1 Å². The van der Waals surface area contributed by atoms with Gasteiger partial charge in [0.05, 0.1) is 61.7 Å². The summed E-state index contributed by atoms with van der Waals surface area (Å²) in [6, 6.07) is 52.3. The quantitative estimate of drug-likeness (QED) is 0.178. The summed E-state index contributed by atoms with van der Waals surface area (Å²) in [7, 11) is 4.05. The van der Waals surface area contributed by atoms with Crippen LogP contribution in [0.15, 0.2) is 152 Å². The number of halogens is 3. The van der Waals surface area contributed by atoms with Gasteiger partial charge < -0.3 is 18.3 Å². The van der Waals surface area contributed by atoms with E-state index in [2.05, 4.69) is 80.4 Å². The van der Waals surface area contributed by atoms with Gasteiger partial charge in [-0.15, -0.1) is 0 Å². The van der Waals surface area contributed by atoms with E-state index in [1.807, 2.05) is 85.4 Å². The summed E-state index contributed by atoms with van der Waals surface area (Å²) in [4.78, 5) is 0. The van der Waals surface area contributed by atoms with E-state index in [9.17, 15) is 10.5 Å². The van der Waals surface area contributed by atoms with Gasteiger partial charge in [0.15, 0.2) is 0 Å². The summed E-state index contributed by atoms with van der Waals surface area (Å²) < 4.78 is 54.4. The van der Waals surface area contributed by atoms with Gasteiger partial charge in [0, 0.05) is 79.3 Å². The van der Waals surface area contributed by atoms with E-state index in [-0.39, 0.29) is 27.9 Å². The molecule has 0 atom stereocenters. The number of hydrogen-bond donors (Lipinski definition) is 0. The Kier molecular flexibility index (Phi) is 7.26. The summed E-state index contributed by atoms with van der Waals surface area (Å²) in [5.74, 6) is 0. The molecule has 6 nitrogen and oxygen atoms in total. The van der Waals surface area contributed by atoms with E-state index in [0.717, 1.165) is 87.8 Å². The fraction of sp³-hybridized carbons (Fsp3) is 0.0566. The lowest BCUT2D eigenvalue weighted by atomic mass is 9.90. The van der Waals surface area contributed by atoms with Crippen LogP contribution in [0.2, 0.25) is 0 Å². The molecule has 4 heterocycles. The van der Waals surface area contributed by atoms with Crippen molar-refractivity contribution in [2.45, 2.75) is 6.18 Å². The largest absolute Gasteiger partial charge is 0.417 e. The van der Waals surface area contributed by atoms with Crippen LogP contribution in [0, 0.1) is 22.7 Å². The van der Waals surface area contributed by atoms with E-state index in [0.29, 0.717) is 11.2 Å². The standard InChI is InChI=1S/C53H31F3N6/c1-59-40-18-7-5-15-35(40)48-45(59)26-22-33-31-13-3-9-20-42(31)61(51(33)48)44-25-24-37(47-30(28-57)12-11-17-39(47)53(54,55)56)50(38(44)29-58)62-43-21-10-4-14-32(43)34-23-27-46-49(52(34)62)36-16-6-8-19-41(36)60(46)2/h3-27H,1-2H3. The van der Waals surface area contributed by atoms with Gasteiger partial charge >= 0.3 is 6.18 Å². The predicted octanol–water partition coefficient (Wildman–Crippen LogP) is 13.6. The normalized spacial score (nSPS) is 12.2. The Balaban J connectivity index is 1.35. The van der Waals surface area contributed by atoms with Crippen molar-refractivity contribution in [3.05, 3.63) is 168 Å². The second-order valence-corrected chi connectivity index (χ2v) is 15.9. The minimum atomic E-state index is -4.82. The molecule has 0 amide bonds. The summed E-state index contributed by atoms with van der Waals surface area (Å²) >= 11 is 0. The van der Waals surface area contributed by atoms with Crippen LogP contribution in [-0.2, 0) is 20.3 Å². The summed E-state index contributed by atoms with van der Waals surface area (Å²) in [6.07, 6.45) is -4.82. The minimum absolute atomic E-state index is 0.116. The molecular formula is C53H31F3N6. The van der Waals surface area contributed by atoms with Gasteiger partial charge in [-0.3, -0.25) is 0 Å². The average Bonchev–Trinajstić information content (AvgIpc) is 4.00. The molecular weight excluding hydrogens is 778 g/mol. The highest BCUT2D eigenvalue weighted by molar-refractivity contribution is 6.27. The Bertz CT molecular complexity index is 4030. The van der Waals surface area contributed by atoms with Crippen LogP contribution in [0.25, 0.3) is 110 Å². The molecule has 0 saturated heterocycles. The predicted molar refractivity (Wildman–Crippen MR) is 243 cm³/mol. The van der Waals surface area contributed by atoms with Crippen molar-refractivity contribution in [1.82, 2.24) is 18.3 Å². The van der Waals surface area contributed by atoms with Gasteiger partial charge in [0.1, 0.15) is 11.6 Å². The second kappa shape index (κ2) is 12.6. The van der Waals surface area contributed by atoms with Crippen LogP contribution in [0.1, 0.15) is 16.7 Å². The van der Waals surface area contributed by atoms with Gasteiger partial charge in [-0.05, 0) is 54.6 Å². The maximum absolute atomic E-state index is 15.3. The van der Waals surface area contributed by atoms with Crippen molar-refractivity contribution in [3.63, 3.8) is 0 Å². The molecule has 8 aromatic carbocycles. The van der Waals surface area contributed by atoms with Crippen LogP contribution in [0.3, 0.4) is 0 Å². The Morgan fingerprint density at radius 2 is 0.952 bits per heavy atom. The number of benzene rings is 8. The van der Waals surface area contributed by atoms with Crippen molar-refractivity contribution in [1.29, 1.82) is 10.5 Å². The van der Waals surface area contributed by atoms with Crippen LogP contribution < -0.4 is 0 Å². The van der Waals surface area contributed by atoms with Crippen molar-refractivity contribution in [2.75, 3.05) is 0 Å². The highest BCUT2D eigenvalue weighted by Crippen LogP contribution is 2.49. The summed E-state index contributed by atoms with van der Waals surface area (Å²) in [6.45, 7) is 0. The third-order valence-electron chi connectivity index (χ3n) is 12.9. The van der Waals surface area contributed by atoms with E-state index < -0.39 is 11.7 Å². The number of aryl methyl sites for hydroxylation is 2. The fourth-order valence-corrected chi connectivity index (χ4v) is 10.4. The number of aromatic nitrogens is 4. The molecule has 12 aromatic rings. The third kappa shape index (κ3) is 4.57. The molecule has 0 N–H and O–H groups in total. The zero-order chi connectivity index (χ0) is 42.2. The number of alkyl halides is 3. The van der Waals surface area contributed by atoms with Crippen molar-refractivity contribution >= 4 is 87.2 Å². The van der Waals surface area contributed by atoms with Gasteiger partial charge in [-0.1, -0.05) is 97.1 Å². The molecule has 0 fully saturated rings. The maximum Gasteiger partial charge on any atom is 0.417 e. The first kappa shape index (κ1) is 35.7. The molecule has 0 bridgehead atoms. The first-order valence-electron chi connectivity index (χ1n) is 20.2. The van der Waals surface area contributed by atoms with E-state index in [1.165, 1.54) is 12.1 Å². The first-order chi connectivity index (χ1) is 30.2. The molecule has 9 heteroatoms. The SMILES string of the molecule is Cn1c2ccccc2c2c1ccc1c3ccccc3n(-c3ccc(-c4c(C#N)cccc4C(F)(F)F)c(-n4c5ccccc5c5ccc6c(c7ccccc7n6C)c54)c3C#N)c12. The minimum Gasteiger partial charge on any atom is -0.344 e. The number of hydrogen-bond acceptors (Lipinski definition) is 2. The van der Waals surface area contributed by atoms with Crippen molar-refractivity contribution in [3.8, 4) is 34.6 Å². The van der Waals surface area contributed by atoms with Crippen LogP contribution in [0.4, 0.5) is 13.2 Å². The lowest BCUT2D eigenvalue weighted by Gasteiger charge is -2.22. The third-order valence-corrected chi connectivity index (χ3v) is 12.9. The lowest BCUT2D eigenvalue weighted by molar-refractivity contribution is -0.137. The molecule has 0 spiro atoms. The topological polar surface area (TPSA) is 67.3 Å². The van der Waals surface area contributed by atoms with E-state index in [4.69, 9.17) is 0 Å². The Labute approximate surface area is 351 Å². The average molecular weight is 809 g/mol. The van der Waals surface area contributed by atoms with Gasteiger partial charge in [-0.25, -0.2) is 0 Å². The first-order valence-corrected chi connectivity index (χ1v) is 20.2. The van der Waals surface area contributed by atoms with Crippen molar-refractivity contribution < 1.29 is 13.2 Å². The second-order valence-electron chi connectivity index (χ2n) is 15.9. The zero-order valence-electron chi connectivity index (χ0n) is 33.3. The molecule has 4 aromatic heterocycles. The summed E-state index contributed by atoms with van der Waals surface area (Å²) in [5, 5.41) is 30.0. The Morgan fingerprint density at radius 3 is 1.48 bits per heavy atom. The molecule has 0 aliphatic heterocycles.